The zero-order valence-electron chi connectivity index (χ0n) is 15.7. The Morgan fingerprint density at radius 2 is 1.78 bits per heavy atom. The van der Waals surface area contributed by atoms with Crippen molar-refractivity contribution in [3.8, 4) is 22.8 Å². The molecule has 1 amide bonds. The Balaban J connectivity index is 1.94. The highest BCUT2D eigenvalue weighted by atomic mass is 32.2. The molecule has 5 nitrogen and oxygen atoms in total. The molecule has 0 aliphatic rings. The van der Waals surface area contributed by atoms with Crippen LogP contribution in [0.4, 0.5) is 0 Å². The molecule has 3 aromatic rings. The van der Waals surface area contributed by atoms with Gasteiger partial charge in [0.15, 0.2) is 11.5 Å². The van der Waals surface area contributed by atoms with Gasteiger partial charge >= 0.3 is 0 Å². The first-order valence-corrected chi connectivity index (χ1v) is 9.94. The van der Waals surface area contributed by atoms with Crippen molar-refractivity contribution < 1.29 is 9.21 Å². The number of nitrogens with one attached hydrogen (secondary N) is 1. The summed E-state index contributed by atoms with van der Waals surface area (Å²) in [7, 11) is 3.93. The Kier molecular flexibility index (Phi) is 6.32. The first-order chi connectivity index (χ1) is 13.1. The number of benzene rings is 2. The van der Waals surface area contributed by atoms with Gasteiger partial charge in [-0.25, -0.2) is 4.98 Å². The van der Waals surface area contributed by atoms with E-state index in [4.69, 9.17) is 4.42 Å². The Morgan fingerprint density at radius 3 is 2.41 bits per heavy atom. The van der Waals surface area contributed by atoms with E-state index in [0.717, 1.165) is 22.6 Å². The van der Waals surface area contributed by atoms with Gasteiger partial charge in [0.25, 0.3) is 5.91 Å². The lowest BCUT2D eigenvalue weighted by molar-refractivity contribution is 0.0947. The zero-order chi connectivity index (χ0) is 19.2. The molecule has 0 unspecified atom stereocenters. The molecule has 27 heavy (non-hydrogen) atoms. The van der Waals surface area contributed by atoms with Crippen molar-refractivity contribution in [3.63, 3.8) is 0 Å². The number of likely N-dealkylation sites (N-methyl/N-ethyl adjacent to an activating group) is 1. The minimum absolute atomic E-state index is 0.230. The molecule has 0 radical (unpaired) electrons. The molecule has 140 valence electrons. The van der Waals surface area contributed by atoms with Gasteiger partial charge in [-0.05, 0) is 44.6 Å². The molecule has 6 heteroatoms. The van der Waals surface area contributed by atoms with Gasteiger partial charge in [0.05, 0.1) is 0 Å². The molecule has 0 aliphatic heterocycles. The van der Waals surface area contributed by atoms with Gasteiger partial charge in [0.2, 0.25) is 5.89 Å². The second-order valence-corrected chi connectivity index (χ2v) is 7.23. The quantitative estimate of drug-likeness (QED) is 0.627. The molecule has 0 bridgehead atoms. The van der Waals surface area contributed by atoms with Gasteiger partial charge < -0.3 is 14.6 Å². The van der Waals surface area contributed by atoms with Crippen LogP contribution in [0.2, 0.25) is 0 Å². The van der Waals surface area contributed by atoms with Gasteiger partial charge in [0, 0.05) is 29.1 Å². The van der Waals surface area contributed by atoms with Crippen LogP contribution < -0.4 is 5.32 Å². The lowest BCUT2D eigenvalue weighted by atomic mass is 10.1. The van der Waals surface area contributed by atoms with E-state index in [-0.39, 0.29) is 5.91 Å². The van der Waals surface area contributed by atoms with Crippen LogP contribution in [0.3, 0.4) is 0 Å². The van der Waals surface area contributed by atoms with E-state index in [1.54, 1.807) is 11.8 Å². The van der Waals surface area contributed by atoms with Crippen molar-refractivity contribution in [2.24, 2.45) is 0 Å². The van der Waals surface area contributed by atoms with Crippen LogP contribution in [0.1, 0.15) is 10.5 Å². The van der Waals surface area contributed by atoms with Gasteiger partial charge in [-0.1, -0.05) is 30.3 Å². The SMILES string of the molecule is CSc1ccc(-c2nc(C(=O)NCCN(C)C)c(-c3ccccc3)o2)cc1. The molecule has 2 aromatic carbocycles. The number of hydrogen-bond acceptors (Lipinski definition) is 5. The highest BCUT2D eigenvalue weighted by Gasteiger charge is 2.22. The molecule has 3 rings (SSSR count). The first kappa shape index (κ1) is 19.2. The molecular weight excluding hydrogens is 358 g/mol. The lowest BCUT2D eigenvalue weighted by Crippen LogP contribution is -2.31. The molecular formula is C21H23N3O2S. The topological polar surface area (TPSA) is 58.4 Å². The Bertz CT molecular complexity index is 890. The average molecular weight is 382 g/mol. The third kappa shape index (κ3) is 4.78. The van der Waals surface area contributed by atoms with E-state index in [0.29, 0.717) is 23.9 Å². The third-order valence-electron chi connectivity index (χ3n) is 4.06. The van der Waals surface area contributed by atoms with Crippen molar-refractivity contribution in [1.29, 1.82) is 0 Å². The lowest BCUT2D eigenvalue weighted by Gasteiger charge is -2.09. The highest BCUT2D eigenvalue weighted by Crippen LogP contribution is 2.30. The van der Waals surface area contributed by atoms with Gasteiger partial charge in [-0.15, -0.1) is 11.8 Å². The summed E-state index contributed by atoms with van der Waals surface area (Å²) < 4.78 is 6.02. The summed E-state index contributed by atoms with van der Waals surface area (Å²) in [5.41, 5.74) is 1.98. The number of rotatable bonds is 7. The van der Waals surface area contributed by atoms with Crippen molar-refractivity contribution in [1.82, 2.24) is 15.2 Å². The van der Waals surface area contributed by atoms with E-state index in [2.05, 4.69) is 10.3 Å². The molecule has 0 aliphatic carbocycles. The van der Waals surface area contributed by atoms with Gasteiger partial charge in [-0.2, -0.15) is 0 Å². The maximum atomic E-state index is 12.7. The van der Waals surface area contributed by atoms with E-state index in [9.17, 15) is 4.79 Å². The van der Waals surface area contributed by atoms with Crippen LogP contribution in [0.25, 0.3) is 22.8 Å². The fourth-order valence-electron chi connectivity index (χ4n) is 2.59. The molecule has 0 saturated carbocycles. The number of hydrogen-bond donors (Lipinski definition) is 1. The van der Waals surface area contributed by atoms with Crippen molar-refractivity contribution in [2.75, 3.05) is 33.4 Å². The Hall–Kier alpha value is -2.57. The summed E-state index contributed by atoms with van der Waals surface area (Å²) in [6.45, 7) is 1.30. The second kappa shape index (κ2) is 8.88. The van der Waals surface area contributed by atoms with E-state index < -0.39 is 0 Å². The Labute approximate surface area is 163 Å². The predicted molar refractivity (Wildman–Crippen MR) is 110 cm³/mol. The van der Waals surface area contributed by atoms with Crippen LogP contribution >= 0.6 is 11.8 Å². The van der Waals surface area contributed by atoms with E-state index >= 15 is 0 Å². The molecule has 0 fully saturated rings. The normalized spacial score (nSPS) is 11.0. The monoisotopic (exact) mass is 381 g/mol. The highest BCUT2D eigenvalue weighted by molar-refractivity contribution is 7.98. The molecule has 0 saturated heterocycles. The van der Waals surface area contributed by atoms with Crippen molar-refractivity contribution >= 4 is 17.7 Å². The number of carbonyl (C=O) groups excluding carboxylic acids is 1. The van der Waals surface area contributed by atoms with Crippen LogP contribution in [0.15, 0.2) is 63.9 Å². The summed E-state index contributed by atoms with van der Waals surface area (Å²) in [6.07, 6.45) is 2.03. The summed E-state index contributed by atoms with van der Waals surface area (Å²) >= 11 is 1.68. The molecule has 1 heterocycles. The fourth-order valence-corrected chi connectivity index (χ4v) is 3.00. The average Bonchev–Trinajstić information content (AvgIpc) is 3.14. The Morgan fingerprint density at radius 1 is 1.07 bits per heavy atom. The molecule has 1 aromatic heterocycles. The van der Waals surface area contributed by atoms with Gasteiger partial charge in [0.1, 0.15) is 0 Å². The summed E-state index contributed by atoms with van der Waals surface area (Å²) in [6, 6.07) is 17.5. The number of aromatic nitrogens is 1. The number of oxazole rings is 1. The minimum atomic E-state index is -0.230. The van der Waals surface area contributed by atoms with Gasteiger partial charge in [-0.3, -0.25) is 4.79 Å². The predicted octanol–water partition coefficient (Wildman–Crippen LogP) is 4.02. The largest absolute Gasteiger partial charge is 0.435 e. The second-order valence-electron chi connectivity index (χ2n) is 6.35. The van der Waals surface area contributed by atoms with Crippen LogP contribution in [0.5, 0.6) is 0 Å². The maximum Gasteiger partial charge on any atom is 0.273 e. The summed E-state index contributed by atoms with van der Waals surface area (Å²) in [4.78, 5) is 20.4. The van der Waals surface area contributed by atoms with Crippen LogP contribution in [0, 0.1) is 0 Å². The van der Waals surface area contributed by atoms with Crippen LogP contribution in [-0.4, -0.2) is 49.2 Å². The number of amides is 1. The number of nitrogens with zero attached hydrogens (tertiary/aromatic N) is 2. The maximum absolute atomic E-state index is 12.7. The van der Waals surface area contributed by atoms with E-state index in [1.807, 2.05) is 79.8 Å². The first-order valence-electron chi connectivity index (χ1n) is 8.72. The minimum Gasteiger partial charge on any atom is -0.435 e. The summed E-state index contributed by atoms with van der Waals surface area (Å²) in [5, 5.41) is 2.92. The van der Waals surface area contributed by atoms with Crippen molar-refractivity contribution in [2.45, 2.75) is 4.90 Å². The van der Waals surface area contributed by atoms with Crippen LogP contribution in [-0.2, 0) is 0 Å². The van der Waals surface area contributed by atoms with Crippen molar-refractivity contribution in [3.05, 3.63) is 60.3 Å². The smallest absolute Gasteiger partial charge is 0.273 e. The number of thioether (sulfide) groups is 1. The number of carbonyl (C=O) groups is 1. The standard InChI is InChI=1S/C21H23N3O2S/c1-24(2)14-13-22-20(25)18-19(15-7-5-4-6-8-15)26-21(23-18)16-9-11-17(27-3)12-10-16/h4-12H,13-14H2,1-3H3,(H,22,25). The molecule has 0 atom stereocenters. The summed E-state index contributed by atoms with van der Waals surface area (Å²) in [5.74, 6) is 0.701. The third-order valence-corrected chi connectivity index (χ3v) is 4.80. The molecule has 0 spiro atoms. The fraction of sp³-hybridized carbons (Fsp3) is 0.238. The molecule has 1 N–H and O–H groups in total. The van der Waals surface area contributed by atoms with E-state index in [1.165, 1.54) is 0 Å². The zero-order valence-corrected chi connectivity index (χ0v) is 16.5.